The van der Waals surface area contributed by atoms with Crippen LogP contribution >= 0.6 is 0 Å². The second kappa shape index (κ2) is 7.49. The molecule has 3 heterocycles. The molecule has 1 aliphatic rings. The Hall–Kier alpha value is -3.35. The number of nitrogens with zero attached hydrogens (tertiary/aromatic N) is 4. The number of carbonyl (C=O) groups is 1. The number of likely N-dealkylation sites (tertiary alicyclic amines) is 1. The number of carbonyl (C=O) groups excluding carboxylic acids is 1. The van der Waals surface area contributed by atoms with Crippen molar-refractivity contribution in [3.8, 4) is 0 Å². The molecule has 7 heteroatoms. The lowest BCUT2D eigenvalue weighted by Gasteiger charge is -2.24. The highest BCUT2D eigenvalue weighted by molar-refractivity contribution is 5.94. The lowest BCUT2D eigenvalue weighted by atomic mass is 10.1. The molecular formula is C20H19N5O2. The van der Waals surface area contributed by atoms with Crippen LogP contribution in [-0.4, -0.2) is 37.3 Å². The number of H-pyrrole nitrogens is 1. The summed E-state index contributed by atoms with van der Waals surface area (Å²) in [6.45, 7) is 0.586. The van der Waals surface area contributed by atoms with Gasteiger partial charge in [-0.25, -0.2) is 4.98 Å². The fourth-order valence-corrected chi connectivity index (χ4v) is 3.44. The normalized spacial score (nSPS) is 16.4. The van der Waals surface area contributed by atoms with Crippen molar-refractivity contribution in [2.75, 3.05) is 6.54 Å². The molecule has 0 radical (unpaired) electrons. The van der Waals surface area contributed by atoms with Crippen molar-refractivity contribution >= 4 is 5.91 Å². The van der Waals surface area contributed by atoms with Gasteiger partial charge in [0.05, 0.1) is 30.0 Å². The highest BCUT2D eigenvalue weighted by Gasteiger charge is 2.33. The molecule has 136 valence electrons. The van der Waals surface area contributed by atoms with Gasteiger partial charge < -0.3 is 9.88 Å². The van der Waals surface area contributed by atoms with E-state index in [4.69, 9.17) is 4.98 Å². The molecule has 27 heavy (non-hydrogen) atoms. The Bertz CT molecular complexity index is 1000. The molecule has 3 aromatic rings. The number of hydrogen-bond acceptors (Lipinski definition) is 5. The van der Waals surface area contributed by atoms with E-state index >= 15 is 0 Å². The molecule has 0 saturated carbocycles. The first-order chi connectivity index (χ1) is 13.2. The van der Waals surface area contributed by atoms with E-state index in [1.807, 2.05) is 18.2 Å². The SMILES string of the molecule is O=C(c1cnc[nH]c1=O)N1CCCC1c1cncc(Cc2ccccc2)n1. The largest absolute Gasteiger partial charge is 0.330 e. The van der Waals surface area contributed by atoms with Crippen molar-refractivity contribution in [3.63, 3.8) is 0 Å². The molecule has 2 aromatic heterocycles. The smallest absolute Gasteiger partial charge is 0.263 e. The molecular weight excluding hydrogens is 342 g/mol. The van der Waals surface area contributed by atoms with Gasteiger partial charge in [-0.2, -0.15) is 0 Å². The van der Waals surface area contributed by atoms with Gasteiger partial charge in [0.25, 0.3) is 11.5 Å². The highest BCUT2D eigenvalue weighted by Crippen LogP contribution is 2.31. The molecule has 0 spiro atoms. The van der Waals surface area contributed by atoms with Gasteiger partial charge in [-0.15, -0.1) is 0 Å². The number of rotatable bonds is 4. The first-order valence-electron chi connectivity index (χ1n) is 8.91. The molecule has 1 fully saturated rings. The third-order valence-corrected chi connectivity index (χ3v) is 4.74. The molecule has 1 unspecified atom stereocenters. The Balaban J connectivity index is 1.59. The van der Waals surface area contributed by atoms with E-state index in [1.165, 1.54) is 12.5 Å². The van der Waals surface area contributed by atoms with Crippen molar-refractivity contribution in [1.82, 2.24) is 24.8 Å². The van der Waals surface area contributed by atoms with Gasteiger partial charge in [-0.05, 0) is 18.4 Å². The van der Waals surface area contributed by atoms with Gasteiger partial charge in [-0.1, -0.05) is 30.3 Å². The van der Waals surface area contributed by atoms with E-state index in [1.54, 1.807) is 17.3 Å². The van der Waals surface area contributed by atoms with Crippen molar-refractivity contribution in [2.45, 2.75) is 25.3 Å². The first-order valence-corrected chi connectivity index (χ1v) is 8.91. The van der Waals surface area contributed by atoms with Gasteiger partial charge in [-0.3, -0.25) is 19.6 Å². The summed E-state index contributed by atoms with van der Waals surface area (Å²) < 4.78 is 0. The summed E-state index contributed by atoms with van der Waals surface area (Å²) >= 11 is 0. The molecule has 7 nitrogen and oxygen atoms in total. The van der Waals surface area contributed by atoms with E-state index in [0.717, 1.165) is 29.8 Å². The molecule has 0 aliphatic carbocycles. The average molecular weight is 361 g/mol. The molecule has 1 atom stereocenters. The average Bonchev–Trinajstić information content (AvgIpc) is 3.19. The Kier molecular flexibility index (Phi) is 4.74. The summed E-state index contributed by atoms with van der Waals surface area (Å²) in [5.41, 5.74) is 2.40. The van der Waals surface area contributed by atoms with E-state index in [9.17, 15) is 9.59 Å². The second-order valence-electron chi connectivity index (χ2n) is 6.55. The summed E-state index contributed by atoms with van der Waals surface area (Å²) in [6, 6.07) is 9.89. The zero-order valence-corrected chi connectivity index (χ0v) is 14.7. The fraction of sp³-hybridized carbons (Fsp3) is 0.250. The van der Waals surface area contributed by atoms with Gasteiger partial charge in [0, 0.05) is 25.4 Å². The van der Waals surface area contributed by atoms with Crippen LogP contribution in [0.25, 0.3) is 0 Å². The monoisotopic (exact) mass is 361 g/mol. The van der Waals surface area contributed by atoms with E-state index in [2.05, 4.69) is 27.1 Å². The molecule has 0 bridgehead atoms. The van der Waals surface area contributed by atoms with Gasteiger partial charge >= 0.3 is 0 Å². The maximum atomic E-state index is 12.8. The predicted molar refractivity (Wildman–Crippen MR) is 99.1 cm³/mol. The van der Waals surface area contributed by atoms with Crippen molar-refractivity contribution in [2.24, 2.45) is 0 Å². The number of nitrogens with one attached hydrogen (secondary N) is 1. The lowest BCUT2D eigenvalue weighted by Crippen LogP contribution is -2.35. The molecule has 1 N–H and O–H groups in total. The number of amides is 1. The third-order valence-electron chi connectivity index (χ3n) is 4.74. The lowest BCUT2D eigenvalue weighted by molar-refractivity contribution is 0.0730. The second-order valence-corrected chi connectivity index (χ2v) is 6.55. The van der Waals surface area contributed by atoms with Crippen LogP contribution in [0.15, 0.2) is 60.0 Å². The van der Waals surface area contributed by atoms with Gasteiger partial charge in [0.15, 0.2) is 0 Å². The Morgan fingerprint density at radius 1 is 1.15 bits per heavy atom. The van der Waals surface area contributed by atoms with Crippen LogP contribution in [0.3, 0.4) is 0 Å². The van der Waals surface area contributed by atoms with Crippen LogP contribution in [0.2, 0.25) is 0 Å². The first kappa shape index (κ1) is 17.1. The minimum atomic E-state index is -0.426. The highest BCUT2D eigenvalue weighted by atomic mass is 16.2. The zero-order chi connectivity index (χ0) is 18.6. The van der Waals surface area contributed by atoms with E-state index in [-0.39, 0.29) is 17.5 Å². The summed E-state index contributed by atoms with van der Waals surface area (Å²) in [7, 11) is 0. The van der Waals surface area contributed by atoms with Crippen molar-refractivity contribution in [1.29, 1.82) is 0 Å². The maximum Gasteiger partial charge on any atom is 0.263 e. The van der Waals surface area contributed by atoms with Crippen LogP contribution in [0, 0.1) is 0 Å². The number of aromatic nitrogens is 4. The van der Waals surface area contributed by atoms with Gasteiger partial charge in [0.2, 0.25) is 0 Å². The summed E-state index contributed by atoms with van der Waals surface area (Å²) in [5, 5.41) is 0. The van der Waals surface area contributed by atoms with Crippen molar-refractivity contribution < 1.29 is 4.79 Å². The van der Waals surface area contributed by atoms with E-state index < -0.39 is 5.56 Å². The zero-order valence-electron chi connectivity index (χ0n) is 14.7. The van der Waals surface area contributed by atoms with Crippen LogP contribution in [0.1, 0.15) is 46.2 Å². The standard InChI is InChI=1S/C20H19N5O2/c26-19-16(11-22-13-23-19)20(27)25-8-4-7-18(25)17-12-21-10-15(24-17)9-14-5-2-1-3-6-14/h1-3,5-6,10-13,18H,4,7-9H2,(H,22,23,26). The predicted octanol–water partition coefficient (Wildman–Crippen LogP) is 2.13. The molecule has 1 aromatic carbocycles. The molecule has 4 rings (SSSR count). The summed E-state index contributed by atoms with van der Waals surface area (Å²) in [5.74, 6) is -0.317. The molecule has 1 amide bonds. The summed E-state index contributed by atoms with van der Waals surface area (Å²) in [6.07, 6.45) is 8.39. The van der Waals surface area contributed by atoms with Crippen LogP contribution < -0.4 is 5.56 Å². The Labute approximate surface area is 156 Å². The maximum absolute atomic E-state index is 12.8. The summed E-state index contributed by atoms with van der Waals surface area (Å²) in [4.78, 5) is 41.9. The third kappa shape index (κ3) is 3.62. The van der Waals surface area contributed by atoms with Crippen LogP contribution in [0.5, 0.6) is 0 Å². The van der Waals surface area contributed by atoms with Crippen molar-refractivity contribution in [3.05, 3.63) is 88.1 Å². The molecule has 1 aliphatic heterocycles. The number of aromatic amines is 1. The van der Waals surface area contributed by atoms with Crippen LogP contribution in [0.4, 0.5) is 0 Å². The fourth-order valence-electron chi connectivity index (χ4n) is 3.44. The quantitative estimate of drug-likeness (QED) is 0.768. The topological polar surface area (TPSA) is 91.8 Å². The van der Waals surface area contributed by atoms with Crippen LogP contribution in [-0.2, 0) is 6.42 Å². The Morgan fingerprint density at radius 3 is 2.81 bits per heavy atom. The Morgan fingerprint density at radius 2 is 2.00 bits per heavy atom. The number of hydrogen-bond donors (Lipinski definition) is 1. The van der Waals surface area contributed by atoms with Gasteiger partial charge in [0.1, 0.15) is 5.56 Å². The minimum Gasteiger partial charge on any atom is -0.330 e. The minimum absolute atomic E-state index is 0.0535. The van der Waals surface area contributed by atoms with E-state index in [0.29, 0.717) is 13.0 Å². The number of benzene rings is 1. The molecule has 1 saturated heterocycles.